The predicted molar refractivity (Wildman–Crippen MR) is 66.2 cm³/mol. The highest BCUT2D eigenvalue weighted by Crippen LogP contribution is 2.28. The van der Waals surface area contributed by atoms with E-state index in [0.29, 0.717) is 0 Å². The average molecular weight is 221 g/mol. The second-order valence-corrected chi connectivity index (χ2v) is 5.14. The summed E-state index contributed by atoms with van der Waals surface area (Å²) in [7, 11) is 0. The molecule has 0 amide bonds. The first kappa shape index (κ1) is 11.6. The van der Waals surface area contributed by atoms with Crippen LogP contribution in [0.15, 0.2) is 12.4 Å². The van der Waals surface area contributed by atoms with Crippen LogP contribution < -0.4 is 5.73 Å². The van der Waals surface area contributed by atoms with Gasteiger partial charge in [-0.1, -0.05) is 26.2 Å². The summed E-state index contributed by atoms with van der Waals surface area (Å²) >= 11 is 0. The molecule has 0 aromatic carbocycles. The first-order valence-electron chi connectivity index (χ1n) is 6.52. The Morgan fingerprint density at radius 3 is 2.81 bits per heavy atom. The van der Waals surface area contributed by atoms with Crippen molar-refractivity contribution in [1.82, 2.24) is 9.55 Å². The number of imidazole rings is 1. The monoisotopic (exact) mass is 221 g/mol. The van der Waals surface area contributed by atoms with Gasteiger partial charge < -0.3 is 10.3 Å². The van der Waals surface area contributed by atoms with Gasteiger partial charge in [-0.05, 0) is 19.3 Å². The van der Waals surface area contributed by atoms with Gasteiger partial charge in [0.15, 0.2) is 0 Å². The van der Waals surface area contributed by atoms with E-state index in [0.717, 1.165) is 32.2 Å². The highest BCUT2D eigenvalue weighted by molar-refractivity contribution is 5.02. The summed E-state index contributed by atoms with van der Waals surface area (Å²) in [6.45, 7) is 3.26. The molecule has 1 aromatic heterocycles. The van der Waals surface area contributed by atoms with E-state index >= 15 is 0 Å². The van der Waals surface area contributed by atoms with Crippen LogP contribution in [0.5, 0.6) is 0 Å². The number of aryl methyl sites for hydroxylation is 1. The summed E-state index contributed by atoms with van der Waals surface area (Å²) in [5.74, 6) is 1.17. The second kappa shape index (κ2) is 5.00. The maximum Gasteiger partial charge on any atom is 0.110 e. The zero-order valence-electron chi connectivity index (χ0n) is 10.3. The van der Waals surface area contributed by atoms with Crippen LogP contribution in [0, 0.1) is 0 Å². The molecule has 3 heteroatoms. The predicted octanol–water partition coefficient (Wildman–Crippen LogP) is 2.50. The van der Waals surface area contributed by atoms with E-state index in [-0.39, 0.29) is 5.54 Å². The van der Waals surface area contributed by atoms with Crippen LogP contribution in [0.3, 0.4) is 0 Å². The molecule has 0 spiro atoms. The zero-order valence-corrected chi connectivity index (χ0v) is 10.3. The van der Waals surface area contributed by atoms with E-state index in [4.69, 9.17) is 5.73 Å². The molecule has 0 unspecified atom stereocenters. The molecule has 90 valence electrons. The largest absolute Gasteiger partial charge is 0.335 e. The van der Waals surface area contributed by atoms with E-state index in [1.54, 1.807) is 0 Å². The minimum atomic E-state index is 0.00902. The third kappa shape index (κ3) is 2.64. The SMILES string of the molecule is CCCn1ccnc1CC1(N)CCCCC1. The van der Waals surface area contributed by atoms with Crippen LogP contribution >= 0.6 is 0 Å². The molecule has 0 atom stereocenters. The molecule has 1 aromatic rings. The van der Waals surface area contributed by atoms with Crippen molar-refractivity contribution in [2.24, 2.45) is 5.73 Å². The van der Waals surface area contributed by atoms with Crippen molar-refractivity contribution in [3.05, 3.63) is 18.2 Å². The Labute approximate surface area is 98.1 Å². The van der Waals surface area contributed by atoms with E-state index in [9.17, 15) is 0 Å². The van der Waals surface area contributed by atoms with E-state index < -0.39 is 0 Å². The maximum absolute atomic E-state index is 6.46. The molecule has 0 bridgehead atoms. The molecule has 1 aliphatic rings. The number of aromatic nitrogens is 2. The molecule has 3 nitrogen and oxygen atoms in total. The molecule has 1 aliphatic carbocycles. The van der Waals surface area contributed by atoms with Crippen LogP contribution in [0.25, 0.3) is 0 Å². The fraction of sp³-hybridized carbons (Fsp3) is 0.769. The Morgan fingerprint density at radius 1 is 1.38 bits per heavy atom. The quantitative estimate of drug-likeness (QED) is 0.849. The lowest BCUT2D eigenvalue weighted by molar-refractivity contribution is 0.286. The Balaban J connectivity index is 2.04. The normalized spacial score (nSPS) is 19.9. The Hall–Kier alpha value is -0.830. The second-order valence-electron chi connectivity index (χ2n) is 5.14. The molecule has 2 N–H and O–H groups in total. The van der Waals surface area contributed by atoms with Crippen molar-refractivity contribution in [1.29, 1.82) is 0 Å². The molecule has 1 saturated carbocycles. The van der Waals surface area contributed by atoms with Crippen molar-refractivity contribution >= 4 is 0 Å². The van der Waals surface area contributed by atoms with Gasteiger partial charge in [0.25, 0.3) is 0 Å². The van der Waals surface area contributed by atoms with Crippen molar-refractivity contribution in [2.75, 3.05) is 0 Å². The fourth-order valence-corrected chi connectivity index (χ4v) is 2.70. The lowest BCUT2D eigenvalue weighted by Crippen LogP contribution is -2.44. The van der Waals surface area contributed by atoms with Crippen molar-refractivity contribution in [3.8, 4) is 0 Å². The first-order valence-corrected chi connectivity index (χ1v) is 6.52. The van der Waals surface area contributed by atoms with Gasteiger partial charge in [0, 0.05) is 30.9 Å². The third-order valence-corrected chi connectivity index (χ3v) is 3.63. The molecular formula is C13H23N3. The molecule has 0 radical (unpaired) electrons. The summed E-state index contributed by atoms with van der Waals surface area (Å²) in [6.07, 6.45) is 12.3. The molecule has 1 heterocycles. The van der Waals surface area contributed by atoms with Crippen LogP contribution in [0.2, 0.25) is 0 Å². The van der Waals surface area contributed by atoms with Crippen LogP contribution in [0.4, 0.5) is 0 Å². The van der Waals surface area contributed by atoms with E-state index in [1.165, 1.54) is 25.1 Å². The number of hydrogen-bond donors (Lipinski definition) is 1. The third-order valence-electron chi connectivity index (χ3n) is 3.63. The smallest absolute Gasteiger partial charge is 0.110 e. The van der Waals surface area contributed by atoms with Gasteiger partial charge >= 0.3 is 0 Å². The highest BCUT2D eigenvalue weighted by Gasteiger charge is 2.29. The van der Waals surface area contributed by atoms with E-state index in [1.807, 2.05) is 6.20 Å². The molecule has 16 heavy (non-hydrogen) atoms. The number of hydrogen-bond acceptors (Lipinski definition) is 2. The summed E-state index contributed by atoms with van der Waals surface area (Å²) < 4.78 is 2.25. The minimum Gasteiger partial charge on any atom is -0.335 e. The molecule has 1 fully saturated rings. The molecule has 0 aliphatic heterocycles. The zero-order chi connectivity index (χ0) is 11.4. The number of rotatable bonds is 4. The van der Waals surface area contributed by atoms with Gasteiger partial charge in [-0.25, -0.2) is 4.98 Å². The van der Waals surface area contributed by atoms with Crippen molar-refractivity contribution in [3.63, 3.8) is 0 Å². The summed E-state index contributed by atoms with van der Waals surface area (Å²) in [5, 5.41) is 0. The van der Waals surface area contributed by atoms with Gasteiger partial charge in [0.05, 0.1) is 0 Å². The fourth-order valence-electron chi connectivity index (χ4n) is 2.70. The maximum atomic E-state index is 6.46. The van der Waals surface area contributed by atoms with Gasteiger partial charge in [-0.2, -0.15) is 0 Å². The van der Waals surface area contributed by atoms with Gasteiger partial charge in [0.2, 0.25) is 0 Å². The molecule has 2 rings (SSSR count). The topological polar surface area (TPSA) is 43.8 Å². The standard InChI is InChI=1S/C13H23N3/c1-2-9-16-10-8-15-12(16)11-13(14)6-4-3-5-7-13/h8,10H,2-7,9,11,14H2,1H3. The van der Waals surface area contributed by atoms with Crippen molar-refractivity contribution < 1.29 is 0 Å². The number of nitrogens with zero attached hydrogens (tertiary/aromatic N) is 2. The highest BCUT2D eigenvalue weighted by atomic mass is 15.1. The van der Waals surface area contributed by atoms with Gasteiger partial charge in [0.1, 0.15) is 5.82 Å². The summed E-state index contributed by atoms with van der Waals surface area (Å²) in [5.41, 5.74) is 6.47. The van der Waals surface area contributed by atoms with Crippen LogP contribution in [-0.2, 0) is 13.0 Å². The molecule has 0 saturated heterocycles. The number of nitrogens with two attached hydrogens (primary N) is 1. The minimum absolute atomic E-state index is 0.00902. The Morgan fingerprint density at radius 2 is 2.12 bits per heavy atom. The van der Waals surface area contributed by atoms with Gasteiger partial charge in [-0.3, -0.25) is 0 Å². The Kier molecular flexibility index (Phi) is 3.64. The lowest BCUT2D eigenvalue weighted by Gasteiger charge is -2.33. The van der Waals surface area contributed by atoms with Crippen molar-refractivity contribution in [2.45, 2.75) is 64.0 Å². The molecular weight excluding hydrogens is 198 g/mol. The Bertz CT molecular complexity index is 324. The van der Waals surface area contributed by atoms with Gasteiger partial charge in [-0.15, -0.1) is 0 Å². The average Bonchev–Trinajstić information content (AvgIpc) is 2.67. The van der Waals surface area contributed by atoms with Crippen LogP contribution in [0.1, 0.15) is 51.3 Å². The first-order chi connectivity index (χ1) is 7.73. The van der Waals surface area contributed by atoms with E-state index in [2.05, 4.69) is 22.7 Å². The van der Waals surface area contributed by atoms with Crippen LogP contribution in [-0.4, -0.2) is 15.1 Å². The lowest BCUT2D eigenvalue weighted by atomic mass is 9.80. The summed E-state index contributed by atoms with van der Waals surface area (Å²) in [6, 6.07) is 0. The summed E-state index contributed by atoms with van der Waals surface area (Å²) in [4.78, 5) is 4.46.